The first-order valence-electron chi connectivity index (χ1n) is 9.49. The van der Waals surface area contributed by atoms with Crippen molar-refractivity contribution in [1.82, 2.24) is 19.2 Å². The van der Waals surface area contributed by atoms with E-state index < -0.39 is 32.9 Å². The largest absolute Gasteiger partial charge is 0.501 e. The molecule has 0 radical (unpaired) electrons. The summed E-state index contributed by atoms with van der Waals surface area (Å²) in [4.78, 5) is 29.4. The molecule has 0 saturated heterocycles. The summed E-state index contributed by atoms with van der Waals surface area (Å²) in [5, 5.41) is 13.5. The molecule has 0 spiro atoms. The fourth-order valence-corrected chi connectivity index (χ4v) is 4.38. The number of rotatable bonds is 6. The van der Waals surface area contributed by atoms with E-state index in [1.54, 1.807) is 24.3 Å². The topological polar surface area (TPSA) is 122 Å². The minimum Gasteiger partial charge on any atom is -0.501 e. The Hall–Kier alpha value is -2.92. The van der Waals surface area contributed by atoms with Crippen LogP contribution in [0.4, 0.5) is 0 Å². The Morgan fingerprint density at radius 2 is 1.82 bits per heavy atom. The highest BCUT2D eigenvalue weighted by Gasteiger charge is 2.26. The molecule has 0 bridgehead atoms. The zero-order valence-electron chi connectivity index (χ0n) is 17.8. The third-order valence-corrected chi connectivity index (χ3v) is 7.42. The summed E-state index contributed by atoms with van der Waals surface area (Å²) >= 11 is 11.9. The van der Waals surface area contributed by atoms with Gasteiger partial charge in [0.05, 0.1) is 14.9 Å². The average Bonchev–Trinajstić information content (AvgIpc) is 2.78. The van der Waals surface area contributed by atoms with Crippen molar-refractivity contribution in [2.45, 2.75) is 11.4 Å². The molecule has 1 heterocycles. The Balaban J connectivity index is 2.06. The van der Waals surface area contributed by atoms with Crippen LogP contribution in [-0.2, 0) is 23.6 Å². The average molecular weight is 511 g/mol. The van der Waals surface area contributed by atoms with E-state index in [0.717, 1.165) is 8.87 Å². The lowest BCUT2D eigenvalue weighted by atomic mass is 10.2. The quantitative estimate of drug-likeness (QED) is 0.525. The maximum Gasteiger partial charge on any atom is 0.296 e. The summed E-state index contributed by atoms with van der Waals surface area (Å²) in [6, 6.07) is 10.7. The molecule has 0 aliphatic carbocycles. The molecule has 12 heteroatoms. The van der Waals surface area contributed by atoms with E-state index in [1.165, 1.54) is 39.3 Å². The van der Waals surface area contributed by atoms with E-state index in [4.69, 9.17) is 23.2 Å². The van der Waals surface area contributed by atoms with Crippen molar-refractivity contribution in [3.8, 4) is 17.1 Å². The molecular formula is C21H20Cl2N4O5S. The van der Waals surface area contributed by atoms with Gasteiger partial charge in [0.15, 0.2) is 5.69 Å². The number of aromatic hydroxyl groups is 1. The SMILES string of the molecule is CN(C)S(=O)(=O)c1ccccc1-c1nc(C(=O)NCc2ccc(Cl)c(Cl)c2)c(O)c(=O)n1C. The molecular weight excluding hydrogens is 491 g/mol. The third kappa shape index (κ3) is 4.88. The van der Waals surface area contributed by atoms with Crippen LogP contribution in [0.5, 0.6) is 5.75 Å². The zero-order valence-corrected chi connectivity index (χ0v) is 20.2. The van der Waals surface area contributed by atoms with Gasteiger partial charge in [-0.1, -0.05) is 41.4 Å². The van der Waals surface area contributed by atoms with Crippen molar-refractivity contribution in [3.05, 3.63) is 74.1 Å². The number of halogens is 2. The van der Waals surface area contributed by atoms with Gasteiger partial charge in [0.25, 0.3) is 11.5 Å². The number of hydrogen-bond donors (Lipinski definition) is 2. The number of benzene rings is 2. The second-order valence-corrected chi connectivity index (χ2v) is 10.1. The summed E-state index contributed by atoms with van der Waals surface area (Å²) in [6.07, 6.45) is 0. The summed E-state index contributed by atoms with van der Waals surface area (Å²) < 4.78 is 27.6. The van der Waals surface area contributed by atoms with E-state index in [2.05, 4.69) is 10.3 Å². The minimum absolute atomic E-state index is 0.0208. The molecule has 1 aromatic heterocycles. The maximum atomic E-state index is 12.8. The molecule has 33 heavy (non-hydrogen) atoms. The molecule has 0 atom stereocenters. The lowest BCUT2D eigenvalue weighted by molar-refractivity contribution is 0.0942. The Bertz CT molecular complexity index is 1400. The molecule has 0 fully saturated rings. The smallest absolute Gasteiger partial charge is 0.296 e. The summed E-state index contributed by atoms with van der Waals surface area (Å²) in [6.45, 7) is 0.0208. The zero-order chi connectivity index (χ0) is 24.5. The van der Waals surface area contributed by atoms with Crippen molar-refractivity contribution < 1.29 is 18.3 Å². The molecule has 2 N–H and O–H groups in total. The van der Waals surface area contributed by atoms with Crippen LogP contribution in [0.25, 0.3) is 11.4 Å². The lowest BCUT2D eigenvalue weighted by Crippen LogP contribution is -2.29. The summed E-state index contributed by atoms with van der Waals surface area (Å²) in [7, 11) is 0.174. The molecule has 0 unspecified atom stereocenters. The molecule has 3 rings (SSSR count). The number of carbonyl (C=O) groups excluding carboxylic acids is 1. The number of aromatic nitrogens is 2. The van der Waals surface area contributed by atoms with Gasteiger partial charge in [-0.3, -0.25) is 14.2 Å². The number of nitrogens with one attached hydrogen (secondary N) is 1. The molecule has 2 aromatic carbocycles. The molecule has 3 aromatic rings. The van der Waals surface area contributed by atoms with E-state index in [0.29, 0.717) is 15.6 Å². The number of amides is 1. The monoisotopic (exact) mass is 510 g/mol. The molecule has 1 amide bonds. The highest BCUT2D eigenvalue weighted by Crippen LogP contribution is 2.28. The first-order chi connectivity index (χ1) is 15.4. The highest BCUT2D eigenvalue weighted by atomic mass is 35.5. The first-order valence-corrected chi connectivity index (χ1v) is 11.7. The predicted molar refractivity (Wildman–Crippen MR) is 125 cm³/mol. The Morgan fingerprint density at radius 3 is 2.45 bits per heavy atom. The molecule has 0 aliphatic heterocycles. The standard InChI is InChI=1S/C21H20Cl2N4O5S/c1-26(2)33(31,32)16-7-5-4-6-13(16)19-25-17(18(28)21(30)27(19)3)20(29)24-11-12-8-9-14(22)15(23)10-12/h4-10,28H,11H2,1-3H3,(H,24,29). The van der Waals surface area contributed by atoms with Crippen LogP contribution in [0.15, 0.2) is 52.2 Å². The molecule has 174 valence electrons. The Morgan fingerprint density at radius 1 is 1.15 bits per heavy atom. The first kappa shape index (κ1) is 24.7. The second-order valence-electron chi connectivity index (χ2n) is 7.21. The van der Waals surface area contributed by atoms with Crippen LogP contribution in [0.3, 0.4) is 0 Å². The van der Waals surface area contributed by atoms with E-state index >= 15 is 0 Å². The molecule has 9 nitrogen and oxygen atoms in total. The van der Waals surface area contributed by atoms with E-state index in [1.807, 2.05) is 0 Å². The number of carbonyl (C=O) groups is 1. The highest BCUT2D eigenvalue weighted by molar-refractivity contribution is 7.89. The Labute approximate surface area is 200 Å². The fraction of sp³-hybridized carbons (Fsp3) is 0.190. The fourth-order valence-electron chi connectivity index (χ4n) is 2.98. The van der Waals surface area contributed by atoms with Crippen LogP contribution in [0.1, 0.15) is 16.1 Å². The van der Waals surface area contributed by atoms with Crippen molar-refractivity contribution in [3.63, 3.8) is 0 Å². The summed E-state index contributed by atoms with van der Waals surface area (Å²) in [5.74, 6) is -1.79. The van der Waals surface area contributed by atoms with Crippen molar-refractivity contribution >= 4 is 39.1 Å². The van der Waals surface area contributed by atoms with Crippen LogP contribution < -0.4 is 10.9 Å². The normalized spacial score (nSPS) is 11.6. The lowest BCUT2D eigenvalue weighted by Gasteiger charge is -2.17. The van der Waals surface area contributed by atoms with Crippen LogP contribution in [0, 0.1) is 0 Å². The van der Waals surface area contributed by atoms with Crippen LogP contribution in [0.2, 0.25) is 10.0 Å². The van der Waals surface area contributed by atoms with Gasteiger partial charge in [-0.2, -0.15) is 0 Å². The van der Waals surface area contributed by atoms with Gasteiger partial charge in [-0.15, -0.1) is 0 Å². The maximum absolute atomic E-state index is 12.8. The number of nitrogens with zero attached hydrogens (tertiary/aromatic N) is 3. The predicted octanol–water partition coefficient (Wildman–Crippen LogP) is 2.64. The van der Waals surface area contributed by atoms with Crippen molar-refractivity contribution in [1.29, 1.82) is 0 Å². The number of sulfonamides is 1. The molecule has 0 aliphatic rings. The van der Waals surface area contributed by atoms with Crippen molar-refractivity contribution in [2.24, 2.45) is 7.05 Å². The molecule has 0 saturated carbocycles. The van der Waals surface area contributed by atoms with Gasteiger partial charge in [0.1, 0.15) is 5.82 Å². The van der Waals surface area contributed by atoms with Gasteiger partial charge >= 0.3 is 0 Å². The van der Waals surface area contributed by atoms with E-state index in [-0.39, 0.29) is 22.8 Å². The van der Waals surface area contributed by atoms with Crippen LogP contribution in [-0.4, -0.2) is 47.4 Å². The van der Waals surface area contributed by atoms with Gasteiger partial charge in [0, 0.05) is 33.3 Å². The van der Waals surface area contributed by atoms with Gasteiger partial charge in [-0.05, 0) is 29.8 Å². The van der Waals surface area contributed by atoms with E-state index in [9.17, 15) is 23.1 Å². The van der Waals surface area contributed by atoms with Gasteiger partial charge in [0.2, 0.25) is 15.8 Å². The van der Waals surface area contributed by atoms with Crippen LogP contribution >= 0.6 is 23.2 Å². The Kier molecular flexibility index (Phi) is 7.13. The second kappa shape index (κ2) is 9.52. The van der Waals surface area contributed by atoms with Gasteiger partial charge in [-0.25, -0.2) is 17.7 Å². The van der Waals surface area contributed by atoms with Gasteiger partial charge < -0.3 is 10.4 Å². The minimum atomic E-state index is -3.89. The number of hydrogen-bond acceptors (Lipinski definition) is 6. The third-order valence-electron chi connectivity index (χ3n) is 4.81. The summed E-state index contributed by atoms with van der Waals surface area (Å²) in [5.41, 5.74) is -0.713. The van der Waals surface area contributed by atoms with Crippen molar-refractivity contribution in [2.75, 3.05) is 14.1 Å².